The van der Waals surface area contributed by atoms with Crippen molar-refractivity contribution in [3.8, 4) is 11.3 Å². The van der Waals surface area contributed by atoms with Crippen molar-refractivity contribution in [2.75, 3.05) is 37.7 Å². The lowest BCUT2D eigenvalue weighted by atomic mass is 10.0. The zero-order valence-electron chi connectivity index (χ0n) is 22.8. The summed E-state index contributed by atoms with van der Waals surface area (Å²) in [6.07, 6.45) is 1.88. The number of hydrogen-bond donors (Lipinski definition) is 1. The number of hydrogen-bond acceptors (Lipinski definition) is 6. The molecule has 2 aromatic carbocycles. The van der Waals surface area contributed by atoms with Gasteiger partial charge in [0, 0.05) is 38.3 Å². The fraction of sp³-hybridized carbons (Fsp3) is 0.276. The molecule has 1 N–H and O–H groups in total. The van der Waals surface area contributed by atoms with E-state index in [9.17, 15) is 22.4 Å². The molecule has 0 aliphatic rings. The van der Waals surface area contributed by atoms with Gasteiger partial charge in [0.1, 0.15) is 17.4 Å². The molecule has 4 rings (SSSR count). The van der Waals surface area contributed by atoms with E-state index in [1.807, 2.05) is 13.0 Å². The highest BCUT2D eigenvalue weighted by Gasteiger charge is 2.27. The standard InChI is InChI=1S/C29H31FN4O5S/c1-5-19-18-23-24(27(35)31-2)25(20-12-14-22(30)15-13-20)39-28(23)32-26(19)34(40(4,37)38)17-9-16-33(3)29(36)21-10-7-6-8-11-21/h6-8,10-15,18H,5,9,16-17H2,1-4H3,(H,31,35). The molecule has 0 radical (unpaired) electrons. The van der Waals surface area contributed by atoms with E-state index < -0.39 is 21.7 Å². The van der Waals surface area contributed by atoms with Gasteiger partial charge in [-0.15, -0.1) is 0 Å². The van der Waals surface area contributed by atoms with Gasteiger partial charge in [-0.2, -0.15) is 4.98 Å². The zero-order chi connectivity index (χ0) is 29.0. The Bertz CT molecular complexity index is 1640. The zero-order valence-corrected chi connectivity index (χ0v) is 23.6. The van der Waals surface area contributed by atoms with Gasteiger partial charge < -0.3 is 14.6 Å². The van der Waals surface area contributed by atoms with Crippen molar-refractivity contribution in [1.82, 2.24) is 15.2 Å². The first-order chi connectivity index (χ1) is 19.0. The smallest absolute Gasteiger partial charge is 0.255 e. The van der Waals surface area contributed by atoms with Crippen LogP contribution in [-0.2, 0) is 16.4 Å². The quantitative estimate of drug-likeness (QED) is 0.303. The Morgan fingerprint density at radius 1 is 1.05 bits per heavy atom. The average Bonchev–Trinajstić information content (AvgIpc) is 3.32. The van der Waals surface area contributed by atoms with Gasteiger partial charge in [0.2, 0.25) is 15.7 Å². The number of halogens is 1. The van der Waals surface area contributed by atoms with Crippen LogP contribution in [0, 0.1) is 5.82 Å². The third-order valence-corrected chi connectivity index (χ3v) is 7.70. The van der Waals surface area contributed by atoms with Gasteiger partial charge in [0.25, 0.3) is 11.8 Å². The SMILES string of the molecule is CCc1cc2c(C(=O)NC)c(-c3ccc(F)cc3)oc2nc1N(CCCN(C)C(=O)c1ccccc1)S(C)(=O)=O. The Hall–Kier alpha value is -4.25. The second kappa shape index (κ2) is 11.9. The van der Waals surface area contributed by atoms with E-state index in [-0.39, 0.29) is 35.3 Å². The molecule has 0 fully saturated rings. The highest BCUT2D eigenvalue weighted by molar-refractivity contribution is 7.92. The summed E-state index contributed by atoms with van der Waals surface area (Å²) in [5.41, 5.74) is 1.93. The van der Waals surface area contributed by atoms with E-state index in [0.29, 0.717) is 41.5 Å². The van der Waals surface area contributed by atoms with E-state index in [4.69, 9.17) is 4.42 Å². The molecule has 0 aliphatic carbocycles. The van der Waals surface area contributed by atoms with E-state index in [0.717, 1.165) is 6.26 Å². The number of nitrogens with zero attached hydrogens (tertiary/aromatic N) is 3. The van der Waals surface area contributed by atoms with Crippen LogP contribution in [0.2, 0.25) is 0 Å². The van der Waals surface area contributed by atoms with Gasteiger partial charge in [-0.3, -0.25) is 13.9 Å². The molecule has 2 amide bonds. The number of furan rings is 1. The summed E-state index contributed by atoms with van der Waals surface area (Å²) in [6, 6.07) is 16.1. The van der Waals surface area contributed by atoms with Crippen LogP contribution in [0.4, 0.5) is 10.2 Å². The molecule has 0 saturated heterocycles. The minimum atomic E-state index is -3.77. The fourth-order valence-electron chi connectivity index (χ4n) is 4.47. The molecule has 2 heterocycles. The Kier molecular flexibility index (Phi) is 8.53. The van der Waals surface area contributed by atoms with Crippen molar-refractivity contribution < 1.29 is 26.8 Å². The maximum Gasteiger partial charge on any atom is 0.255 e. The van der Waals surface area contributed by atoms with Gasteiger partial charge in [-0.25, -0.2) is 12.8 Å². The summed E-state index contributed by atoms with van der Waals surface area (Å²) in [6.45, 7) is 2.25. The number of aromatic nitrogens is 1. The molecule has 4 aromatic rings. The van der Waals surface area contributed by atoms with Crippen LogP contribution in [-0.4, -0.2) is 63.6 Å². The summed E-state index contributed by atoms with van der Waals surface area (Å²) in [5, 5.41) is 3.02. The highest BCUT2D eigenvalue weighted by Crippen LogP contribution is 2.36. The van der Waals surface area contributed by atoms with E-state index in [2.05, 4.69) is 10.3 Å². The molecule has 0 saturated carbocycles. The van der Waals surface area contributed by atoms with Crippen molar-refractivity contribution in [1.29, 1.82) is 0 Å². The Morgan fingerprint density at radius 2 is 1.73 bits per heavy atom. The lowest BCUT2D eigenvalue weighted by Gasteiger charge is -2.25. The van der Waals surface area contributed by atoms with Crippen molar-refractivity contribution in [3.05, 3.63) is 83.2 Å². The predicted molar refractivity (Wildman–Crippen MR) is 152 cm³/mol. The van der Waals surface area contributed by atoms with Crippen LogP contribution < -0.4 is 9.62 Å². The Labute approximate surface area is 232 Å². The molecule has 9 nitrogen and oxygen atoms in total. The molecule has 0 bridgehead atoms. The van der Waals surface area contributed by atoms with Crippen LogP contribution in [0.15, 0.2) is 65.1 Å². The highest BCUT2D eigenvalue weighted by atomic mass is 32.2. The maximum absolute atomic E-state index is 13.6. The van der Waals surface area contributed by atoms with Crippen molar-refractivity contribution in [2.24, 2.45) is 0 Å². The lowest BCUT2D eigenvalue weighted by Crippen LogP contribution is -2.35. The molecule has 0 unspecified atom stereocenters. The van der Waals surface area contributed by atoms with Gasteiger partial charge >= 0.3 is 0 Å². The van der Waals surface area contributed by atoms with E-state index in [1.54, 1.807) is 42.3 Å². The number of anilines is 1. The predicted octanol–water partition coefficient (Wildman–Crippen LogP) is 4.48. The van der Waals surface area contributed by atoms with Gasteiger partial charge in [0.05, 0.1) is 17.2 Å². The molecule has 210 valence electrons. The number of carbonyl (C=O) groups is 2. The van der Waals surface area contributed by atoms with E-state index >= 15 is 0 Å². The topological polar surface area (TPSA) is 113 Å². The number of benzene rings is 2. The van der Waals surface area contributed by atoms with Crippen LogP contribution in [0.5, 0.6) is 0 Å². The Balaban J connectivity index is 1.70. The number of pyridine rings is 1. The van der Waals surface area contributed by atoms with Crippen LogP contribution in [0.25, 0.3) is 22.4 Å². The first kappa shape index (κ1) is 28.8. The average molecular weight is 567 g/mol. The molecule has 0 spiro atoms. The summed E-state index contributed by atoms with van der Waals surface area (Å²) in [7, 11) is -0.608. The number of amides is 2. The molecule has 40 heavy (non-hydrogen) atoms. The minimum absolute atomic E-state index is 0.0740. The van der Waals surface area contributed by atoms with Crippen molar-refractivity contribution in [2.45, 2.75) is 19.8 Å². The number of fused-ring (bicyclic) bond motifs is 1. The summed E-state index contributed by atoms with van der Waals surface area (Å²) < 4.78 is 46.6. The molecule has 0 aliphatic heterocycles. The van der Waals surface area contributed by atoms with Crippen LogP contribution in [0.3, 0.4) is 0 Å². The first-order valence-corrected chi connectivity index (χ1v) is 14.6. The second-order valence-electron chi connectivity index (χ2n) is 9.35. The van der Waals surface area contributed by atoms with E-state index in [1.165, 1.54) is 35.6 Å². The molecular weight excluding hydrogens is 535 g/mol. The number of rotatable bonds is 10. The van der Waals surface area contributed by atoms with Crippen LogP contribution in [0.1, 0.15) is 39.6 Å². The van der Waals surface area contributed by atoms with Crippen molar-refractivity contribution in [3.63, 3.8) is 0 Å². The summed E-state index contributed by atoms with van der Waals surface area (Å²) in [5.74, 6) is -0.618. The maximum atomic E-state index is 13.6. The van der Waals surface area contributed by atoms with Gasteiger partial charge in [-0.05, 0) is 60.9 Å². The number of aryl methyl sites for hydroxylation is 1. The third-order valence-electron chi connectivity index (χ3n) is 6.54. The second-order valence-corrected chi connectivity index (χ2v) is 11.3. The number of nitrogens with one attached hydrogen (secondary N) is 1. The number of sulfonamides is 1. The first-order valence-electron chi connectivity index (χ1n) is 12.8. The third kappa shape index (κ3) is 5.99. The monoisotopic (exact) mass is 566 g/mol. The molecule has 2 aromatic heterocycles. The number of carbonyl (C=O) groups excluding carboxylic acids is 2. The fourth-order valence-corrected chi connectivity index (χ4v) is 5.40. The molecule has 11 heteroatoms. The minimum Gasteiger partial charge on any atom is -0.437 e. The van der Waals surface area contributed by atoms with Crippen molar-refractivity contribution >= 4 is 38.8 Å². The Morgan fingerprint density at radius 3 is 2.33 bits per heavy atom. The molecule has 0 atom stereocenters. The normalized spacial score (nSPS) is 11.4. The summed E-state index contributed by atoms with van der Waals surface area (Å²) in [4.78, 5) is 31.7. The molecular formula is C29H31FN4O5S. The van der Waals surface area contributed by atoms with Crippen LogP contribution >= 0.6 is 0 Å². The largest absolute Gasteiger partial charge is 0.437 e. The van der Waals surface area contributed by atoms with Gasteiger partial charge in [0.15, 0.2) is 0 Å². The van der Waals surface area contributed by atoms with Gasteiger partial charge in [-0.1, -0.05) is 25.1 Å². The summed E-state index contributed by atoms with van der Waals surface area (Å²) >= 11 is 0. The lowest BCUT2D eigenvalue weighted by molar-refractivity contribution is 0.0794.